The van der Waals surface area contributed by atoms with Crippen molar-refractivity contribution in [3.8, 4) is 0 Å². The van der Waals surface area contributed by atoms with E-state index in [4.69, 9.17) is 0 Å². The van der Waals surface area contributed by atoms with Crippen LogP contribution in [0.2, 0.25) is 0 Å². The molecule has 5 nitrogen and oxygen atoms in total. The van der Waals surface area contributed by atoms with Gasteiger partial charge in [-0.25, -0.2) is 0 Å². The van der Waals surface area contributed by atoms with E-state index in [9.17, 15) is 9.90 Å². The number of nitrogens with one attached hydrogen (secondary N) is 1. The molecule has 1 aromatic rings. The first-order valence-electron chi connectivity index (χ1n) is 6.13. The maximum absolute atomic E-state index is 11.7. The SMILES string of the molecule is CC(C)NC(Cn1cc(Br)cn1)(C(=O)O)C1CC1. The highest BCUT2D eigenvalue weighted by Gasteiger charge is 2.51. The summed E-state index contributed by atoms with van der Waals surface area (Å²) in [4.78, 5) is 11.7. The minimum Gasteiger partial charge on any atom is -0.480 e. The Bertz CT molecular complexity index is 442. The molecule has 0 bridgehead atoms. The van der Waals surface area contributed by atoms with Crippen LogP contribution in [0.5, 0.6) is 0 Å². The highest BCUT2D eigenvalue weighted by Crippen LogP contribution is 2.41. The molecule has 0 radical (unpaired) electrons. The Morgan fingerprint density at radius 3 is 2.78 bits per heavy atom. The van der Waals surface area contributed by atoms with Gasteiger partial charge in [0.1, 0.15) is 5.54 Å². The highest BCUT2D eigenvalue weighted by molar-refractivity contribution is 9.10. The lowest BCUT2D eigenvalue weighted by Gasteiger charge is -2.32. The number of carbonyl (C=O) groups is 1. The lowest BCUT2D eigenvalue weighted by atomic mass is 9.92. The molecule has 1 atom stereocenters. The molecule has 1 fully saturated rings. The first kappa shape index (κ1) is 13.5. The van der Waals surface area contributed by atoms with Gasteiger partial charge < -0.3 is 5.11 Å². The summed E-state index contributed by atoms with van der Waals surface area (Å²) in [5.41, 5.74) is -0.903. The maximum atomic E-state index is 11.7. The maximum Gasteiger partial charge on any atom is 0.326 e. The highest BCUT2D eigenvalue weighted by atomic mass is 79.9. The van der Waals surface area contributed by atoms with Crippen LogP contribution in [0.15, 0.2) is 16.9 Å². The summed E-state index contributed by atoms with van der Waals surface area (Å²) in [6.45, 7) is 4.30. The van der Waals surface area contributed by atoms with Gasteiger partial charge in [-0.15, -0.1) is 0 Å². The molecule has 2 N–H and O–H groups in total. The summed E-state index contributed by atoms with van der Waals surface area (Å²) in [6, 6.07) is 0.126. The summed E-state index contributed by atoms with van der Waals surface area (Å²) in [5.74, 6) is -0.592. The molecule has 0 aromatic carbocycles. The molecular formula is C12H18BrN3O2. The Balaban J connectivity index is 2.25. The first-order chi connectivity index (χ1) is 8.44. The van der Waals surface area contributed by atoms with Gasteiger partial charge >= 0.3 is 5.97 Å². The van der Waals surface area contributed by atoms with Gasteiger partial charge in [0.2, 0.25) is 0 Å². The number of nitrogens with zero attached hydrogens (tertiary/aromatic N) is 2. The lowest BCUT2D eigenvalue weighted by molar-refractivity contribution is -0.147. The summed E-state index contributed by atoms with van der Waals surface area (Å²) < 4.78 is 2.55. The zero-order chi connectivity index (χ0) is 13.3. The quantitative estimate of drug-likeness (QED) is 0.841. The van der Waals surface area contributed by atoms with Crippen LogP contribution in [0.3, 0.4) is 0 Å². The summed E-state index contributed by atoms with van der Waals surface area (Å²) >= 11 is 3.33. The summed E-state index contributed by atoms with van der Waals surface area (Å²) in [7, 11) is 0. The minimum absolute atomic E-state index is 0.126. The van der Waals surface area contributed by atoms with Crippen LogP contribution in [0.4, 0.5) is 0 Å². The van der Waals surface area contributed by atoms with Crippen molar-refractivity contribution in [2.45, 2.75) is 44.8 Å². The number of carboxylic acid groups (broad SMARTS) is 1. The van der Waals surface area contributed by atoms with Crippen molar-refractivity contribution in [1.29, 1.82) is 0 Å². The van der Waals surface area contributed by atoms with Gasteiger partial charge in [-0.2, -0.15) is 5.10 Å². The van der Waals surface area contributed by atoms with Crippen molar-refractivity contribution in [2.75, 3.05) is 0 Å². The van der Waals surface area contributed by atoms with E-state index >= 15 is 0 Å². The summed E-state index contributed by atoms with van der Waals surface area (Å²) in [5, 5.41) is 17.0. The van der Waals surface area contributed by atoms with Gasteiger partial charge in [0.15, 0.2) is 0 Å². The molecule has 100 valence electrons. The van der Waals surface area contributed by atoms with E-state index in [-0.39, 0.29) is 12.0 Å². The Kier molecular flexibility index (Phi) is 3.77. The smallest absolute Gasteiger partial charge is 0.326 e. The van der Waals surface area contributed by atoms with Crippen molar-refractivity contribution >= 4 is 21.9 Å². The first-order valence-corrected chi connectivity index (χ1v) is 6.92. The molecule has 18 heavy (non-hydrogen) atoms. The summed E-state index contributed by atoms with van der Waals surface area (Å²) in [6.07, 6.45) is 5.42. The largest absolute Gasteiger partial charge is 0.480 e. The average Bonchev–Trinajstić information content (AvgIpc) is 3.02. The van der Waals surface area contributed by atoms with Crippen molar-refractivity contribution < 1.29 is 9.90 Å². The van der Waals surface area contributed by atoms with Crippen molar-refractivity contribution in [1.82, 2.24) is 15.1 Å². The van der Waals surface area contributed by atoms with Crippen LogP contribution in [0.25, 0.3) is 0 Å². The van der Waals surface area contributed by atoms with Crippen LogP contribution in [0.1, 0.15) is 26.7 Å². The van der Waals surface area contributed by atoms with Crippen molar-refractivity contribution in [2.24, 2.45) is 5.92 Å². The monoisotopic (exact) mass is 315 g/mol. The number of hydrogen-bond donors (Lipinski definition) is 2. The van der Waals surface area contributed by atoms with Gasteiger partial charge in [0, 0.05) is 12.2 Å². The molecule has 1 heterocycles. The zero-order valence-corrected chi connectivity index (χ0v) is 12.1. The van der Waals surface area contributed by atoms with Gasteiger partial charge in [-0.05, 0) is 48.5 Å². The Labute approximate surface area is 115 Å². The third-order valence-electron chi connectivity index (χ3n) is 3.22. The molecule has 1 unspecified atom stereocenters. The molecule has 1 aliphatic carbocycles. The second-order valence-corrected chi connectivity index (χ2v) is 6.12. The molecule has 0 saturated heterocycles. The van der Waals surface area contributed by atoms with E-state index < -0.39 is 11.5 Å². The molecular weight excluding hydrogens is 298 g/mol. The Hall–Kier alpha value is -0.880. The number of aromatic nitrogens is 2. The van der Waals surface area contributed by atoms with Gasteiger partial charge in [0.05, 0.1) is 17.2 Å². The van der Waals surface area contributed by atoms with Crippen molar-refractivity contribution in [3.63, 3.8) is 0 Å². The minimum atomic E-state index is -0.903. The molecule has 1 aliphatic rings. The fraction of sp³-hybridized carbons (Fsp3) is 0.667. The number of halogens is 1. The Morgan fingerprint density at radius 2 is 2.39 bits per heavy atom. The van der Waals surface area contributed by atoms with E-state index in [1.165, 1.54) is 0 Å². The fourth-order valence-corrected chi connectivity index (χ4v) is 2.70. The number of aliphatic carboxylic acids is 1. The van der Waals surface area contributed by atoms with E-state index in [1.54, 1.807) is 10.9 Å². The number of hydrogen-bond acceptors (Lipinski definition) is 3. The Morgan fingerprint density at radius 1 is 1.72 bits per heavy atom. The molecule has 1 saturated carbocycles. The van der Waals surface area contributed by atoms with Gasteiger partial charge in [-0.3, -0.25) is 14.8 Å². The van der Waals surface area contributed by atoms with E-state index in [1.807, 2.05) is 20.0 Å². The number of rotatable bonds is 6. The molecule has 1 aromatic heterocycles. The van der Waals surface area contributed by atoms with Crippen LogP contribution in [0, 0.1) is 5.92 Å². The predicted octanol–water partition coefficient (Wildman–Crippen LogP) is 1.88. The van der Waals surface area contributed by atoms with E-state index in [0.29, 0.717) is 6.54 Å². The molecule has 0 amide bonds. The molecule has 0 aliphatic heterocycles. The predicted molar refractivity (Wildman–Crippen MR) is 71.3 cm³/mol. The molecule has 2 rings (SSSR count). The average molecular weight is 316 g/mol. The second-order valence-electron chi connectivity index (χ2n) is 5.21. The van der Waals surface area contributed by atoms with E-state index in [0.717, 1.165) is 17.3 Å². The van der Waals surface area contributed by atoms with Crippen LogP contribution in [-0.2, 0) is 11.3 Å². The zero-order valence-electron chi connectivity index (χ0n) is 10.6. The van der Waals surface area contributed by atoms with Crippen LogP contribution < -0.4 is 5.32 Å². The van der Waals surface area contributed by atoms with Crippen LogP contribution in [-0.4, -0.2) is 32.4 Å². The van der Waals surface area contributed by atoms with Gasteiger partial charge in [0.25, 0.3) is 0 Å². The standard InChI is InChI=1S/C12H18BrN3O2/c1-8(2)15-12(11(17)18,9-3-4-9)7-16-6-10(13)5-14-16/h5-6,8-9,15H,3-4,7H2,1-2H3,(H,17,18). The molecule has 6 heteroatoms. The molecule has 0 spiro atoms. The second kappa shape index (κ2) is 5.01. The van der Waals surface area contributed by atoms with Crippen molar-refractivity contribution in [3.05, 3.63) is 16.9 Å². The number of carboxylic acids is 1. The van der Waals surface area contributed by atoms with Crippen LogP contribution >= 0.6 is 15.9 Å². The topological polar surface area (TPSA) is 67.2 Å². The lowest BCUT2D eigenvalue weighted by Crippen LogP contribution is -2.59. The van der Waals surface area contributed by atoms with Gasteiger partial charge in [-0.1, -0.05) is 0 Å². The third kappa shape index (κ3) is 2.75. The third-order valence-corrected chi connectivity index (χ3v) is 3.62. The van der Waals surface area contributed by atoms with E-state index in [2.05, 4.69) is 26.3 Å². The normalized spacial score (nSPS) is 18.9. The fourth-order valence-electron chi connectivity index (χ4n) is 2.37.